The van der Waals surface area contributed by atoms with Gasteiger partial charge in [-0.1, -0.05) is 6.07 Å². The molecular formula is C23H28N6. The molecule has 0 radical (unpaired) electrons. The summed E-state index contributed by atoms with van der Waals surface area (Å²) in [6.07, 6.45) is 3.96. The molecule has 0 bridgehead atoms. The molecule has 0 spiro atoms. The standard InChI is InChI=1S/C23H28N6/c1-5-27(6-2)22-11-9-18(15-24-22)23-25-20-14-17(4)8-10-21(20)29(23)16-19-12-13-28(7-3)26-19/h8-15H,5-7,16H2,1-4H3. The average Bonchev–Trinajstić information content (AvgIpc) is 3.34. The molecule has 0 saturated heterocycles. The molecule has 6 heteroatoms. The van der Waals surface area contributed by atoms with Crippen LogP contribution in [0.25, 0.3) is 22.4 Å². The van der Waals surface area contributed by atoms with Crippen LogP contribution < -0.4 is 4.90 Å². The van der Waals surface area contributed by atoms with Crippen molar-refractivity contribution in [3.05, 3.63) is 60.0 Å². The van der Waals surface area contributed by atoms with Crippen molar-refractivity contribution in [2.75, 3.05) is 18.0 Å². The summed E-state index contributed by atoms with van der Waals surface area (Å²) in [5.41, 5.74) is 5.37. The van der Waals surface area contributed by atoms with Gasteiger partial charge in [-0.25, -0.2) is 9.97 Å². The highest BCUT2D eigenvalue weighted by Gasteiger charge is 2.15. The number of aromatic nitrogens is 5. The third-order valence-electron chi connectivity index (χ3n) is 5.34. The van der Waals surface area contributed by atoms with Crippen molar-refractivity contribution in [1.29, 1.82) is 0 Å². The topological polar surface area (TPSA) is 51.8 Å². The number of nitrogens with zero attached hydrogens (tertiary/aromatic N) is 6. The van der Waals surface area contributed by atoms with Crippen molar-refractivity contribution in [3.8, 4) is 11.4 Å². The van der Waals surface area contributed by atoms with Gasteiger partial charge in [0, 0.05) is 37.6 Å². The molecule has 150 valence electrons. The molecule has 4 rings (SSSR count). The molecule has 3 aromatic heterocycles. The van der Waals surface area contributed by atoms with Gasteiger partial charge in [-0.05, 0) is 63.6 Å². The first kappa shape index (κ1) is 19.2. The third kappa shape index (κ3) is 3.75. The summed E-state index contributed by atoms with van der Waals surface area (Å²) in [5.74, 6) is 1.93. The Bertz CT molecular complexity index is 1100. The molecule has 1 aromatic carbocycles. The Morgan fingerprint density at radius 3 is 2.48 bits per heavy atom. The van der Waals surface area contributed by atoms with Gasteiger partial charge in [0.25, 0.3) is 0 Å². The minimum atomic E-state index is 0.680. The fourth-order valence-corrected chi connectivity index (χ4v) is 3.70. The SMILES string of the molecule is CCN(CC)c1ccc(-c2nc3cc(C)ccc3n2Cc2ccn(CC)n2)cn1. The summed E-state index contributed by atoms with van der Waals surface area (Å²) in [5, 5.41) is 4.67. The fourth-order valence-electron chi connectivity index (χ4n) is 3.70. The fraction of sp³-hybridized carbons (Fsp3) is 0.348. The van der Waals surface area contributed by atoms with Crippen LogP contribution in [0.4, 0.5) is 5.82 Å². The van der Waals surface area contributed by atoms with Gasteiger partial charge in [-0.2, -0.15) is 5.10 Å². The monoisotopic (exact) mass is 388 g/mol. The van der Waals surface area contributed by atoms with E-state index >= 15 is 0 Å². The zero-order valence-corrected chi connectivity index (χ0v) is 17.6. The second kappa shape index (κ2) is 8.07. The Morgan fingerprint density at radius 1 is 1.00 bits per heavy atom. The van der Waals surface area contributed by atoms with Crippen LogP contribution in [0.2, 0.25) is 0 Å². The number of anilines is 1. The Morgan fingerprint density at radius 2 is 1.83 bits per heavy atom. The van der Waals surface area contributed by atoms with E-state index in [1.54, 1.807) is 0 Å². The molecule has 0 saturated carbocycles. The molecule has 0 unspecified atom stereocenters. The smallest absolute Gasteiger partial charge is 0.143 e. The van der Waals surface area contributed by atoms with E-state index in [1.807, 2.05) is 17.1 Å². The van der Waals surface area contributed by atoms with Gasteiger partial charge in [0.2, 0.25) is 0 Å². The minimum absolute atomic E-state index is 0.680. The van der Waals surface area contributed by atoms with Crippen LogP contribution in [0, 0.1) is 6.92 Å². The minimum Gasteiger partial charge on any atom is -0.357 e. The highest BCUT2D eigenvalue weighted by Crippen LogP contribution is 2.27. The molecule has 4 aromatic rings. The van der Waals surface area contributed by atoms with Gasteiger partial charge in [0.1, 0.15) is 11.6 Å². The molecule has 3 heterocycles. The van der Waals surface area contributed by atoms with Gasteiger partial charge < -0.3 is 9.47 Å². The molecule has 29 heavy (non-hydrogen) atoms. The third-order valence-corrected chi connectivity index (χ3v) is 5.34. The normalized spacial score (nSPS) is 11.3. The number of pyridine rings is 1. The Labute approximate surface area is 171 Å². The van der Waals surface area contributed by atoms with Crippen LogP contribution in [-0.2, 0) is 13.1 Å². The second-order valence-corrected chi connectivity index (χ2v) is 7.25. The van der Waals surface area contributed by atoms with Crippen LogP contribution in [0.15, 0.2) is 48.8 Å². The van der Waals surface area contributed by atoms with E-state index in [4.69, 9.17) is 9.97 Å². The summed E-state index contributed by atoms with van der Waals surface area (Å²) >= 11 is 0. The Hall–Kier alpha value is -3.15. The van der Waals surface area contributed by atoms with Crippen molar-refractivity contribution in [1.82, 2.24) is 24.3 Å². The van der Waals surface area contributed by atoms with Crippen molar-refractivity contribution in [2.24, 2.45) is 0 Å². The van der Waals surface area contributed by atoms with Crippen LogP contribution in [-0.4, -0.2) is 37.4 Å². The predicted octanol–water partition coefficient (Wildman–Crippen LogP) is 4.52. The maximum atomic E-state index is 4.96. The molecule has 0 aliphatic carbocycles. The van der Waals surface area contributed by atoms with Crippen molar-refractivity contribution in [2.45, 2.75) is 40.8 Å². The van der Waals surface area contributed by atoms with Crippen LogP contribution in [0.1, 0.15) is 32.0 Å². The molecule has 0 fully saturated rings. The van der Waals surface area contributed by atoms with Gasteiger partial charge >= 0.3 is 0 Å². The number of rotatable bonds is 7. The maximum Gasteiger partial charge on any atom is 0.143 e. The van der Waals surface area contributed by atoms with Crippen LogP contribution in [0.3, 0.4) is 0 Å². The van der Waals surface area contributed by atoms with E-state index in [1.165, 1.54) is 5.56 Å². The lowest BCUT2D eigenvalue weighted by Gasteiger charge is -2.19. The first-order valence-electron chi connectivity index (χ1n) is 10.3. The van der Waals surface area contributed by atoms with E-state index < -0.39 is 0 Å². The van der Waals surface area contributed by atoms with E-state index in [0.717, 1.165) is 53.6 Å². The van der Waals surface area contributed by atoms with Crippen LogP contribution in [0.5, 0.6) is 0 Å². The largest absolute Gasteiger partial charge is 0.357 e. The van der Waals surface area contributed by atoms with E-state index in [0.29, 0.717) is 6.54 Å². The van der Waals surface area contributed by atoms with Gasteiger partial charge in [0.05, 0.1) is 23.3 Å². The molecule has 0 amide bonds. The molecule has 6 nitrogen and oxygen atoms in total. The highest BCUT2D eigenvalue weighted by atomic mass is 15.3. The number of imidazole rings is 1. The number of hydrogen-bond acceptors (Lipinski definition) is 4. The zero-order valence-electron chi connectivity index (χ0n) is 17.6. The summed E-state index contributed by atoms with van der Waals surface area (Å²) < 4.78 is 4.20. The molecule has 0 aliphatic heterocycles. The summed E-state index contributed by atoms with van der Waals surface area (Å²) in [6.45, 7) is 11.9. The van der Waals surface area contributed by atoms with E-state index in [2.05, 4.69) is 78.7 Å². The van der Waals surface area contributed by atoms with Gasteiger partial charge in [-0.3, -0.25) is 4.68 Å². The van der Waals surface area contributed by atoms with Gasteiger partial charge in [-0.15, -0.1) is 0 Å². The predicted molar refractivity (Wildman–Crippen MR) is 118 cm³/mol. The number of aryl methyl sites for hydroxylation is 2. The molecular weight excluding hydrogens is 360 g/mol. The first-order chi connectivity index (χ1) is 14.1. The Kier molecular flexibility index (Phi) is 5.34. The van der Waals surface area contributed by atoms with Gasteiger partial charge in [0.15, 0.2) is 0 Å². The van der Waals surface area contributed by atoms with Crippen LogP contribution >= 0.6 is 0 Å². The number of benzene rings is 1. The average molecular weight is 389 g/mol. The van der Waals surface area contributed by atoms with Crippen molar-refractivity contribution >= 4 is 16.9 Å². The van der Waals surface area contributed by atoms with Crippen molar-refractivity contribution in [3.63, 3.8) is 0 Å². The highest BCUT2D eigenvalue weighted by molar-refractivity contribution is 5.81. The molecule has 0 aliphatic rings. The number of fused-ring (bicyclic) bond motifs is 1. The second-order valence-electron chi connectivity index (χ2n) is 7.25. The van der Waals surface area contributed by atoms with Crippen molar-refractivity contribution < 1.29 is 0 Å². The first-order valence-corrected chi connectivity index (χ1v) is 10.3. The zero-order chi connectivity index (χ0) is 20.4. The lowest BCUT2D eigenvalue weighted by Crippen LogP contribution is -2.22. The lowest BCUT2D eigenvalue weighted by molar-refractivity contribution is 0.639. The summed E-state index contributed by atoms with van der Waals surface area (Å²) in [7, 11) is 0. The number of hydrogen-bond donors (Lipinski definition) is 0. The molecule has 0 N–H and O–H groups in total. The van der Waals surface area contributed by atoms with E-state index in [-0.39, 0.29) is 0 Å². The maximum absolute atomic E-state index is 4.96. The Balaban J connectivity index is 1.78. The van der Waals surface area contributed by atoms with E-state index in [9.17, 15) is 0 Å². The molecule has 0 atom stereocenters. The quantitative estimate of drug-likeness (QED) is 0.467. The summed E-state index contributed by atoms with van der Waals surface area (Å²) in [4.78, 5) is 11.9. The summed E-state index contributed by atoms with van der Waals surface area (Å²) in [6, 6.07) is 12.7. The lowest BCUT2D eigenvalue weighted by atomic mass is 10.2.